The van der Waals surface area contributed by atoms with Crippen LogP contribution in [-0.4, -0.2) is 29.9 Å². The predicted octanol–water partition coefficient (Wildman–Crippen LogP) is 5.98. The Kier molecular flexibility index (Phi) is 6.68. The molecule has 2 aromatic heterocycles. The summed E-state index contributed by atoms with van der Waals surface area (Å²) in [6, 6.07) is 20.8. The van der Waals surface area contributed by atoms with Crippen molar-refractivity contribution in [1.29, 1.82) is 0 Å². The van der Waals surface area contributed by atoms with E-state index in [1.165, 1.54) is 11.9 Å². The molecular weight excluding hydrogens is 464 g/mol. The van der Waals surface area contributed by atoms with Crippen LogP contribution in [0.1, 0.15) is 29.8 Å². The first-order valence-corrected chi connectivity index (χ1v) is 12.0. The summed E-state index contributed by atoms with van der Waals surface area (Å²) in [4.78, 5) is 32.5. The Morgan fingerprint density at radius 3 is 2.46 bits per heavy atom. The molecule has 4 aromatic rings. The number of carbonyl (C=O) groups excluding carboxylic acids is 2. The number of nitrogens with one attached hydrogen (secondary N) is 2. The van der Waals surface area contributed by atoms with Crippen molar-refractivity contribution in [2.24, 2.45) is 5.92 Å². The number of rotatable bonds is 6. The molecule has 2 aromatic carbocycles. The number of pyridine rings is 1. The first-order valence-electron chi connectivity index (χ1n) is 11.6. The quantitative estimate of drug-likeness (QED) is 0.348. The van der Waals surface area contributed by atoms with Crippen LogP contribution >= 0.6 is 11.6 Å². The summed E-state index contributed by atoms with van der Waals surface area (Å²) in [6.45, 7) is 1.83. The van der Waals surface area contributed by atoms with Gasteiger partial charge in [-0.05, 0) is 55.2 Å². The first kappa shape index (κ1) is 22.9. The van der Waals surface area contributed by atoms with Crippen LogP contribution < -0.4 is 15.5 Å². The maximum Gasteiger partial charge on any atom is 0.294 e. The van der Waals surface area contributed by atoms with Crippen LogP contribution in [0.25, 0.3) is 11.0 Å². The lowest BCUT2D eigenvalue weighted by Crippen LogP contribution is -2.34. The molecule has 0 spiro atoms. The lowest BCUT2D eigenvalue weighted by atomic mass is 9.93. The molecule has 0 aliphatic carbocycles. The third kappa shape index (κ3) is 5.30. The number of hydrogen-bond donors (Lipinski definition) is 2. The number of furan rings is 1. The van der Waals surface area contributed by atoms with Crippen molar-refractivity contribution >= 4 is 51.6 Å². The highest BCUT2D eigenvalue weighted by molar-refractivity contribution is 6.30. The van der Waals surface area contributed by atoms with E-state index in [0.717, 1.165) is 25.9 Å². The Morgan fingerprint density at radius 2 is 1.71 bits per heavy atom. The van der Waals surface area contributed by atoms with E-state index < -0.39 is 5.91 Å². The third-order valence-electron chi connectivity index (χ3n) is 6.25. The highest BCUT2D eigenvalue weighted by Crippen LogP contribution is 2.32. The number of anilines is 3. The molecule has 1 aliphatic rings. The minimum absolute atomic E-state index is 0.0372. The van der Waals surface area contributed by atoms with Gasteiger partial charge in [0.2, 0.25) is 11.7 Å². The fourth-order valence-electron chi connectivity index (χ4n) is 4.44. The van der Waals surface area contributed by atoms with Crippen molar-refractivity contribution in [2.45, 2.75) is 19.3 Å². The number of benzene rings is 2. The molecule has 1 aliphatic heterocycles. The van der Waals surface area contributed by atoms with E-state index in [9.17, 15) is 9.59 Å². The summed E-state index contributed by atoms with van der Waals surface area (Å²) in [6.07, 6.45) is 3.71. The molecule has 0 bridgehead atoms. The van der Waals surface area contributed by atoms with Crippen LogP contribution in [0.15, 0.2) is 77.3 Å². The molecule has 0 saturated carbocycles. The summed E-state index contributed by atoms with van der Waals surface area (Å²) in [5.74, 6) is 0.0250. The van der Waals surface area contributed by atoms with Crippen LogP contribution in [0.3, 0.4) is 0 Å². The van der Waals surface area contributed by atoms with E-state index in [2.05, 4.69) is 32.7 Å². The van der Waals surface area contributed by atoms with Crippen LogP contribution in [0.5, 0.6) is 0 Å². The number of fused-ring (bicyclic) bond motifs is 1. The van der Waals surface area contributed by atoms with Gasteiger partial charge in [-0.25, -0.2) is 4.98 Å². The zero-order chi connectivity index (χ0) is 24.2. The standard InChI is InChI=1S/C27H25ClN4O3/c28-19-10-11-23(29-17-19)30-27(34)26-25(21-8-4-5-9-22(21)35-26)31-24(33)16-18-12-14-32(15-13-18)20-6-2-1-3-7-20/h1-11,17-18H,12-16H2,(H,31,33)(H,29,30,34). The van der Waals surface area contributed by atoms with E-state index in [0.29, 0.717) is 33.9 Å². The summed E-state index contributed by atoms with van der Waals surface area (Å²) < 4.78 is 5.82. The second-order valence-corrected chi connectivity index (χ2v) is 9.07. The van der Waals surface area contributed by atoms with Gasteiger partial charge in [0.25, 0.3) is 5.91 Å². The molecule has 7 nitrogen and oxygen atoms in total. The average molecular weight is 489 g/mol. The molecule has 1 fully saturated rings. The number of hydrogen-bond acceptors (Lipinski definition) is 5. The molecule has 0 unspecified atom stereocenters. The van der Waals surface area contributed by atoms with Crippen LogP contribution in [0.2, 0.25) is 5.02 Å². The third-order valence-corrected chi connectivity index (χ3v) is 6.47. The van der Waals surface area contributed by atoms with Crippen LogP contribution in [0, 0.1) is 5.92 Å². The normalized spacial score (nSPS) is 14.1. The monoisotopic (exact) mass is 488 g/mol. The highest BCUT2D eigenvalue weighted by atomic mass is 35.5. The Morgan fingerprint density at radius 1 is 0.971 bits per heavy atom. The number of aromatic nitrogens is 1. The van der Waals surface area contributed by atoms with Gasteiger partial charge in [0.05, 0.1) is 5.02 Å². The molecule has 0 atom stereocenters. The lowest BCUT2D eigenvalue weighted by molar-refractivity contribution is -0.117. The van der Waals surface area contributed by atoms with E-state index in [4.69, 9.17) is 16.0 Å². The molecule has 5 rings (SSSR count). The summed E-state index contributed by atoms with van der Waals surface area (Å²) in [5, 5.41) is 6.80. The maximum absolute atomic E-state index is 13.0. The van der Waals surface area contributed by atoms with Gasteiger partial charge >= 0.3 is 0 Å². The van der Waals surface area contributed by atoms with E-state index in [1.807, 2.05) is 36.4 Å². The zero-order valence-electron chi connectivity index (χ0n) is 19.0. The number of carbonyl (C=O) groups is 2. The number of piperidine rings is 1. The fraction of sp³-hybridized carbons (Fsp3) is 0.222. The van der Waals surface area contributed by atoms with Gasteiger partial charge < -0.3 is 20.0 Å². The smallest absolute Gasteiger partial charge is 0.294 e. The summed E-state index contributed by atoms with van der Waals surface area (Å²) >= 11 is 5.88. The predicted molar refractivity (Wildman–Crippen MR) is 138 cm³/mol. The molecular formula is C27H25ClN4O3. The summed E-state index contributed by atoms with van der Waals surface area (Å²) in [7, 11) is 0. The fourth-order valence-corrected chi connectivity index (χ4v) is 4.55. The molecule has 1 saturated heterocycles. The Labute approximate surface area is 208 Å². The maximum atomic E-state index is 13.0. The lowest BCUT2D eigenvalue weighted by Gasteiger charge is -2.33. The number of nitrogens with zero attached hydrogens (tertiary/aromatic N) is 2. The van der Waals surface area contributed by atoms with Crippen molar-refractivity contribution in [2.75, 3.05) is 28.6 Å². The zero-order valence-corrected chi connectivity index (χ0v) is 19.8. The van der Waals surface area contributed by atoms with Gasteiger partial charge in [0, 0.05) is 36.8 Å². The first-order chi connectivity index (χ1) is 17.1. The van der Waals surface area contributed by atoms with E-state index in [-0.39, 0.29) is 17.6 Å². The Bertz CT molecular complexity index is 1330. The van der Waals surface area contributed by atoms with Gasteiger partial charge in [-0.1, -0.05) is 41.9 Å². The second-order valence-electron chi connectivity index (χ2n) is 8.64. The molecule has 0 radical (unpaired) electrons. The number of para-hydroxylation sites is 2. The van der Waals surface area contributed by atoms with E-state index in [1.54, 1.807) is 18.2 Å². The van der Waals surface area contributed by atoms with Gasteiger partial charge in [0.15, 0.2) is 0 Å². The molecule has 35 heavy (non-hydrogen) atoms. The van der Waals surface area contributed by atoms with Crippen molar-refractivity contribution in [3.8, 4) is 0 Å². The second kappa shape index (κ2) is 10.2. The minimum Gasteiger partial charge on any atom is -0.449 e. The Balaban J connectivity index is 1.27. The van der Waals surface area contributed by atoms with Gasteiger partial charge in [-0.15, -0.1) is 0 Å². The highest BCUT2D eigenvalue weighted by Gasteiger charge is 2.25. The van der Waals surface area contributed by atoms with Crippen LogP contribution in [-0.2, 0) is 4.79 Å². The van der Waals surface area contributed by atoms with Gasteiger partial charge in [0.1, 0.15) is 17.1 Å². The average Bonchev–Trinajstić information content (AvgIpc) is 3.25. The molecule has 178 valence electrons. The van der Waals surface area contributed by atoms with Crippen molar-refractivity contribution in [1.82, 2.24) is 4.98 Å². The topological polar surface area (TPSA) is 87.5 Å². The van der Waals surface area contributed by atoms with Crippen LogP contribution in [0.4, 0.5) is 17.2 Å². The summed E-state index contributed by atoms with van der Waals surface area (Å²) in [5.41, 5.74) is 2.11. The SMILES string of the molecule is O=C(CC1CCN(c2ccccc2)CC1)Nc1c(C(=O)Nc2ccc(Cl)cn2)oc2ccccc12. The Hall–Kier alpha value is -3.84. The van der Waals surface area contributed by atoms with Crippen molar-refractivity contribution < 1.29 is 14.0 Å². The molecule has 3 heterocycles. The number of halogens is 1. The largest absolute Gasteiger partial charge is 0.449 e. The number of amides is 2. The van der Waals surface area contributed by atoms with Gasteiger partial charge in [-0.3, -0.25) is 9.59 Å². The van der Waals surface area contributed by atoms with Crippen molar-refractivity contribution in [3.05, 3.63) is 83.7 Å². The van der Waals surface area contributed by atoms with Crippen molar-refractivity contribution in [3.63, 3.8) is 0 Å². The van der Waals surface area contributed by atoms with E-state index >= 15 is 0 Å². The molecule has 2 N–H and O–H groups in total. The molecule has 2 amide bonds. The van der Waals surface area contributed by atoms with Gasteiger partial charge in [-0.2, -0.15) is 0 Å². The minimum atomic E-state index is -0.498. The molecule has 8 heteroatoms.